The van der Waals surface area contributed by atoms with Crippen LogP contribution in [0.1, 0.15) is 31.7 Å². The van der Waals surface area contributed by atoms with E-state index >= 15 is 0 Å². The number of rotatable bonds is 7. The molecule has 3 N–H and O–H groups in total. The van der Waals surface area contributed by atoms with Gasteiger partial charge in [-0.05, 0) is 60.8 Å². The Hall–Kier alpha value is -4.19. The summed E-state index contributed by atoms with van der Waals surface area (Å²) < 4.78 is 13.9. The van der Waals surface area contributed by atoms with E-state index in [1.165, 1.54) is 9.87 Å². The highest BCUT2D eigenvalue weighted by molar-refractivity contribution is 6.91. The van der Waals surface area contributed by atoms with Crippen molar-refractivity contribution in [3.8, 4) is 11.4 Å². The maximum Gasteiger partial charge on any atom is 0.279 e. The van der Waals surface area contributed by atoms with Gasteiger partial charge >= 0.3 is 0 Å². The molecule has 3 aliphatic rings. The first kappa shape index (κ1) is 30.5. The summed E-state index contributed by atoms with van der Waals surface area (Å²) in [4.78, 5) is 43.2. The highest BCUT2D eigenvalue weighted by Crippen LogP contribution is 2.58. The second-order valence-corrected chi connectivity index (χ2v) is 18.1. The van der Waals surface area contributed by atoms with Crippen LogP contribution in [-0.2, 0) is 19.9 Å². The van der Waals surface area contributed by atoms with Crippen LogP contribution in [0.3, 0.4) is 0 Å². The third-order valence-electron chi connectivity index (χ3n) is 10.7. The fourth-order valence-electron chi connectivity index (χ4n) is 8.34. The van der Waals surface area contributed by atoms with Crippen molar-refractivity contribution in [3.05, 3.63) is 82.6 Å². The number of H-pyrrole nitrogens is 1. The maximum atomic E-state index is 14.2. The van der Waals surface area contributed by atoms with Crippen LogP contribution < -0.4 is 20.8 Å². The number of nitrogens with one attached hydrogen (secondary N) is 2. The molecule has 46 heavy (non-hydrogen) atoms. The minimum absolute atomic E-state index is 0.0626. The van der Waals surface area contributed by atoms with E-state index in [0.717, 1.165) is 24.1 Å². The molecule has 10 nitrogen and oxygen atoms in total. The lowest BCUT2D eigenvalue weighted by atomic mass is 9.82. The van der Waals surface area contributed by atoms with E-state index in [0.29, 0.717) is 28.9 Å². The van der Waals surface area contributed by atoms with E-state index in [1.54, 1.807) is 18.1 Å². The molecule has 0 bridgehead atoms. The molecule has 1 aromatic heterocycles. The SMILES string of the molecule is COc1ccc([Si](C)(C)[C@@H]2[C@@H](CC(=O)N3CCC[C@H]3CO)O[C@]3(C(=O)Nc4ccc(-n5[nH]c6ccccc6c5=O)cc43)[C@H]2C)cc1. The predicted octanol–water partition coefficient (Wildman–Crippen LogP) is 3.87. The van der Waals surface area contributed by atoms with E-state index in [-0.39, 0.29) is 47.9 Å². The number of fused-ring (bicyclic) bond motifs is 3. The summed E-state index contributed by atoms with van der Waals surface area (Å²) in [5, 5.41) is 18.0. The number of hydrogen-bond acceptors (Lipinski definition) is 6. The van der Waals surface area contributed by atoms with Gasteiger partial charge in [-0.3, -0.25) is 19.5 Å². The predicted molar refractivity (Wildman–Crippen MR) is 179 cm³/mol. The summed E-state index contributed by atoms with van der Waals surface area (Å²) in [6.07, 6.45) is 1.20. The third-order valence-corrected chi connectivity index (χ3v) is 15.1. The number of aliphatic hydroxyl groups excluding tert-OH is 1. The van der Waals surface area contributed by atoms with Crippen LogP contribution in [0.25, 0.3) is 16.6 Å². The van der Waals surface area contributed by atoms with Crippen molar-refractivity contribution in [2.24, 2.45) is 5.92 Å². The Morgan fingerprint density at radius 3 is 2.59 bits per heavy atom. The number of likely N-dealkylation sites (tertiary alicyclic amines) is 1. The van der Waals surface area contributed by atoms with E-state index < -0.39 is 19.8 Å². The standard InChI is InChI=1S/C35H40N4O6Si/c1-21-32(46(3,4)25-14-12-24(44-2)13-15-25)30(19-31(41)38-17-7-8-23(38)20-40)45-35(21)27-18-22(11-16-29(27)36-34(35)43)39-33(42)26-9-5-6-10-28(26)37-39/h5-6,9-16,18,21,23,30,32,37,40H,7-8,17,19-20H2,1-4H3,(H,36,43)/t21-,23-,30+,32-,35+/m0/s1. The van der Waals surface area contributed by atoms with Gasteiger partial charge in [0.2, 0.25) is 5.91 Å². The van der Waals surface area contributed by atoms with E-state index in [2.05, 4.69) is 42.6 Å². The summed E-state index contributed by atoms with van der Waals surface area (Å²) in [7, 11) is -0.794. The fraction of sp³-hybridized carbons (Fsp3) is 0.400. The van der Waals surface area contributed by atoms with Crippen molar-refractivity contribution in [2.75, 3.05) is 25.6 Å². The number of hydrogen-bond donors (Lipinski definition) is 3. The quantitative estimate of drug-likeness (QED) is 0.264. The normalized spacial score (nSPS) is 25.8. The second kappa shape index (κ2) is 11.3. The van der Waals surface area contributed by atoms with Crippen LogP contribution in [-0.4, -0.2) is 72.1 Å². The van der Waals surface area contributed by atoms with E-state index in [1.807, 2.05) is 48.5 Å². The molecule has 3 aromatic carbocycles. The van der Waals surface area contributed by atoms with Gasteiger partial charge in [0.05, 0.1) is 56.9 Å². The van der Waals surface area contributed by atoms with Gasteiger partial charge in [-0.2, -0.15) is 0 Å². The van der Waals surface area contributed by atoms with Gasteiger partial charge < -0.3 is 24.8 Å². The number of para-hydroxylation sites is 1. The lowest BCUT2D eigenvalue weighted by molar-refractivity contribution is -0.148. The average molecular weight is 641 g/mol. The topological polar surface area (TPSA) is 126 Å². The number of benzene rings is 3. The number of methoxy groups -OCH3 is 1. The molecule has 3 aliphatic heterocycles. The van der Waals surface area contributed by atoms with Gasteiger partial charge in [-0.25, -0.2) is 4.68 Å². The number of anilines is 1. The fourth-order valence-corrected chi connectivity index (χ4v) is 12.4. The Bertz CT molecular complexity index is 1880. The molecule has 1 spiro atoms. The first-order chi connectivity index (χ1) is 22.1. The smallest absolute Gasteiger partial charge is 0.279 e. The Labute approximate surface area is 268 Å². The Morgan fingerprint density at radius 1 is 1.11 bits per heavy atom. The van der Waals surface area contributed by atoms with Crippen LogP contribution in [0.2, 0.25) is 18.6 Å². The van der Waals surface area contributed by atoms with Crippen molar-refractivity contribution in [1.82, 2.24) is 14.7 Å². The number of nitrogens with zero attached hydrogens (tertiary/aromatic N) is 2. The van der Waals surface area contributed by atoms with Crippen molar-refractivity contribution in [2.45, 2.75) is 62.6 Å². The molecule has 2 saturated heterocycles. The van der Waals surface area contributed by atoms with Gasteiger partial charge in [-0.15, -0.1) is 0 Å². The zero-order chi connectivity index (χ0) is 32.4. The highest BCUT2D eigenvalue weighted by atomic mass is 28.3. The van der Waals surface area contributed by atoms with Crippen LogP contribution >= 0.6 is 0 Å². The number of ether oxygens (including phenoxy) is 2. The monoisotopic (exact) mass is 640 g/mol. The Morgan fingerprint density at radius 2 is 1.87 bits per heavy atom. The third kappa shape index (κ3) is 4.55. The molecule has 5 atom stereocenters. The number of aliphatic hydroxyl groups is 1. The largest absolute Gasteiger partial charge is 0.497 e. The molecule has 4 aromatic rings. The molecular weight excluding hydrogens is 600 g/mol. The second-order valence-electron chi connectivity index (χ2n) is 13.4. The summed E-state index contributed by atoms with van der Waals surface area (Å²) in [5.41, 5.74) is 0.973. The van der Waals surface area contributed by atoms with Crippen LogP contribution in [0.15, 0.2) is 71.5 Å². The van der Waals surface area contributed by atoms with Crippen LogP contribution in [0, 0.1) is 5.92 Å². The van der Waals surface area contributed by atoms with Crippen LogP contribution in [0.4, 0.5) is 5.69 Å². The minimum Gasteiger partial charge on any atom is -0.497 e. The molecule has 0 radical (unpaired) electrons. The molecule has 2 amide bonds. The molecular formula is C35H40N4O6Si. The van der Waals surface area contributed by atoms with Gasteiger partial charge in [0.15, 0.2) is 5.60 Å². The number of amides is 2. The minimum atomic E-state index is -2.44. The molecule has 11 heteroatoms. The number of carbonyl (C=O) groups is 2. The molecule has 0 unspecified atom stereocenters. The molecule has 240 valence electrons. The molecule has 0 saturated carbocycles. The van der Waals surface area contributed by atoms with E-state index in [9.17, 15) is 19.5 Å². The van der Waals surface area contributed by atoms with Crippen molar-refractivity contribution in [1.29, 1.82) is 0 Å². The zero-order valence-electron chi connectivity index (χ0n) is 26.6. The van der Waals surface area contributed by atoms with Crippen LogP contribution in [0.5, 0.6) is 5.75 Å². The van der Waals surface area contributed by atoms with Gasteiger partial charge in [-0.1, -0.05) is 49.5 Å². The van der Waals surface area contributed by atoms with Gasteiger partial charge in [0.25, 0.3) is 11.5 Å². The van der Waals surface area contributed by atoms with Gasteiger partial charge in [0.1, 0.15) is 5.75 Å². The lowest BCUT2D eigenvalue weighted by Gasteiger charge is -2.37. The Balaban J connectivity index is 1.33. The molecule has 2 fully saturated rings. The summed E-state index contributed by atoms with van der Waals surface area (Å²) in [5.74, 6) is 0.148. The lowest BCUT2D eigenvalue weighted by Crippen LogP contribution is -2.52. The zero-order valence-corrected chi connectivity index (χ0v) is 27.6. The number of aromatic nitrogens is 2. The summed E-state index contributed by atoms with van der Waals surface area (Å²) in [6, 6.07) is 20.7. The summed E-state index contributed by atoms with van der Waals surface area (Å²) >= 11 is 0. The highest BCUT2D eigenvalue weighted by Gasteiger charge is 2.65. The summed E-state index contributed by atoms with van der Waals surface area (Å²) in [6.45, 7) is 7.15. The maximum absolute atomic E-state index is 14.2. The molecule has 7 rings (SSSR count). The van der Waals surface area contributed by atoms with Crippen molar-refractivity contribution >= 4 is 41.7 Å². The van der Waals surface area contributed by atoms with E-state index in [4.69, 9.17) is 9.47 Å². The van der Waals surface area contributed by atoms with Gasteiger partial charge in [0, 0.05) is 23.7 Å². The first-order valence-electron chi connectivity index (χ1n) is 16.0. The average Bonchev–Trinajstić information content (AvgIpc) is 3.81. The molecule has 4 heterocycles. The Kier molecular flexibility index (Phi) is 7.45. The van der Waals surface area contributed by atoms with Crippen molar-refractivity contribution in [3.63, 3.8) is 0 Å². The first-order valence-corrected chi connectivity index (χ1v) is 19.1. The number of carbonyl (C=O) groups excluding carboxylic acids is 2. The molecule has 0 aliphatic carbocycles. The van der Waals surface area contributed by atoms with Crippen molar-refractivity contribution < 1.29 is 24.2 Å². The number of aromatic amines is 1.